The number of carbonyl (C=O) groups excluding carboxylic acids is 4. The molecule has 222 valence electrons. The number of aromatic amines is 2. The summed E-state index contributed by atoms with van der Waals surface area (Å²) in [6, 6.07) is 12.9. The van der Waals surface area contributed by atoms with Crippen LogP contribution in [0, 0.1) is 0 Å². The van der Waals surface area contributed by atoms with E-state index in [2.05, 4.69) is 20.6 Å². The van der Waals surface area contributed by atoms with Gasteiger partial charge in [-0.2, -0.15) is 0 Å². The third-order valence-corrected chi connectivity index (χ3v) is 7.50. The van der Waals surface area contributed by atoms with Crippen molar-refractivity contribution in [1.29, 1.82) is 0 Å². The zero-order valence-electron chi connectivity index (χ0n) is 23.4. The molecule has 0 fully saturated rings. The van der Waals surface area contributed by atoms with E-state index in [4.69, 9.17) is 0 Å². The Bertz CT molecular complexity index is 1410. The highest BCUT2D eigenvalue weighted by Crippen LogP contribution is 2.20. The Hall–Kier alpha value is -4.60. The zero-order chi connectivity index (χ0) is 29.9. The van der Waals surface area contributed by atoms with Crippen LogP contribution in [0.3, 0.4) is 0 Å². The van der Waals surface area contributed by atoms with Crippen LogP contribution in [0.25, 0.3) is 21.8 Å². The van der Waals surface area contributed by atoms with Gasteiger partial charge in [0.15, 0.2) is 0 Å². The predicted molar refractivity (Wildman–Crippen MR) is 155 cm³/mol. The molecule has 2 aromatic heterocycles. The molecule has 0 unspecified atom stereocenters. The SMILES string of the molecule is O=C(CCCCCCCCC(=O)N[C@H](Cc1c[nH]c2ccccc12)C(=O)[O-])N[C@@H](Cc1c[nH]c2ccccc12)C(=O)[O-]. The molecule has 0 aliphatic carbocycles. The lowest BCUT2D eigenvalue weighted by atomic mass is 10.0. The summed E-state index contributed by atoms with van der Waals surface area (Å²) >= 11 is 0. The number of carboxylic acid groups (broad SMARTS) is 2. The number of rotatable bonds is 17. The standard InChI is InChI=1S/C32H38N4O6/c37-29(35-27(31(39)40)17-21-19-33-25-13-9-7-11-23(21)25)15-5-3-1-2-4-6-16-30(38)36-28(32(41)42)18-22-20-34-26-14-10-8-12-24(22)26/h7-14,19-20,27-28,33-34H,1-6,15-18H2,(H,35,37)(H,36,38)(H,39,40)(H,41,42)/p-2/t27-,28+. The third kappa shape index (κ3) is 8.45. The predicted octanol–water partition coefficient (Wildman–Crippen LogP) is 2.02. The average molecular weight is 573 g/mol. The van der Waals surface area contributed by atoms with Crippen LogP contribution >= 0.6 is 0 Å². The van der Waals surface area contributed by atoms with Crippen LogP contribution in [0.5, 0.6) is 0 Å². The first-order valence-electron chi connectivity index (χ1n) is 14.4. The molecule has 2 atom stereocenters. The highest BCUT2D eigenvalue weighted by atomic mass is 16.4. The Labute approximate surface area is 243 Å². The van der Waals surface area contributed by atoms with Crippen molar-refractivity contribution >= 4 is 45.6 Å². The minimum Gasteiger partial charge on any atom is -0.548 e. The number of amides is 2. The highest BCUT2D eigenvalue weighted by molar-refractivity contribution is 5.87. The van der Waals surface area contributed by atoms with Crippen molar-refractivity contribution in [1.82, 2.24) is 20.6 Å². The molecule has 0 aliphatic rings. The van der Waals surface area contributed by atoms with E-state index in [1.165, 1.54) is 0 Å². The van der Waals surface area contributed by atoms with Gasteiger partial charge in [0.25, 0.3) is 0 Å². The van der Waals surface area contributed by atoms with Crippen molar-refractivity contribution in [3.05, 3.63) is 72.1 Å². The summed E-state index contributed by atoms with van der Waals surface area (Å²) in [6.45, 7) is 0. The molecule has 10 nitrogen and oxygen atoms in total. The first-order chi connectivity index (χ1) is 20.3. The molecule has 0 saturated heterocycles. The van der Waals surface area contributed by atoms with E-state index in [0.29, 0.717) is 12.8 Å². The lowest BCUT2D eigenvalue weighted by Gasteiger charge is -2.19. The minimum absolute atomic E-state index is 0.137. The first-order valence-corrected chi connectivity index (χ1v) is 14.4. The van der Waals surface area contributed by atoms with Crippen LogP contribution < -0.4 is 20.8 Å². The fourth-order valence-corrected chi connectivity index (χ4v) is 5.24. The topological polar surface area (TPSA) is 170 Å². The van der Waals surface area contributed by atoms with Gasteiger partial charge in [-0.25, -0.2) is 0 Å². The molecule has 2 amide bonds. The lowest BCUT2D eigenvalue weighted by Crippen LogP contribution is -2.49. The molecule has 0 spiro atoms. The van der Waals surface area contributed by atoms with E-state index in [1.54, 1.807) is 12.4 Å². The largest absolute Gasteiger partial charge is 0.548 e. The second kappa shape index (κ2) is 14.9. The van der Waals surface area contributed by atoms with Crippen LogP contribution in [0.15, 0.2) is 60.9 Å². The molecule has 10 heteroatoms. The molecule has 42 heavy (non-hydrogen) atoms. The molecule has 0 saturated carbocycles. The van der Waals surface area contributed by atoms with Gasteiger partial charge in [0.05, 0.1) is 24.0 Å². The maximum atomic E-state index is 12.4. The van der Waals surface area contributed by atoms with Crippen molar-refractivity contribution < 1.29 is 29.4 Å². The van der Waals surface area contributed by atoms with E-state index in [1.807, 2.05) is 48.5 Å². The number of nitrogens with one attached hydrogen (secondary N) is 4. The number of para-hydroxylation sites is 2. The average Bonchev–Trinajstić information content (AvgIpc) is 3.57. The molecule has 0 radical (unpaired) electrons. The van der Waals surface area contributed by atoms with E-state index in [0.717, 1.165) is 58.6 Å². The quantitative estimate of drug-likeness (QED) is 0.141. The molecule has 0 aliphatic heterocycles. The van der Waals surface area contributed by atoms with Crippen LogP contribution in [0.1, 0.15) is 62.5 Å². The number of unbranched alkanes of at least 4 members (excludes halogenated alkanes) is 5. The van der Waals surface area contributed by atoms with Crippen molar-refractivity contribution in [2.75, 3.05) is 0 Å². The lowest BCUT2D eigenvalue weighted by molar-refractivity contribution is -0.309. The highest BCUT2D eigenvalue weighted by Gasteiger charge is 2.17. The fourth-order valence-electron chi connectivity index (χ4n) is 5.24. The molecular formula is C32H36N4O6-2. The summed E-state index contributed by atoms with van der Waals surface area (Å²) in [4.78, 5) is 54.2. The van der Waals surface area contributed by atoms with Gasteiger partial charge in [-0.05, 0) is 36.1 Å². The van der Waals surface area contributed by atoms with Gasteiger partial charge in [0.2, 0.25) is 11.8 Å². The smallest absolute Gasteiger partial charge is 0.220 e. The van der Waals surface area contributed by atoms with E-state index in [-0.39, 0.29) is 37.5 Å². The van der Waals surface area contributed by atoms with Crippen LogP contribution in [0.4, 0.5) is 0 Å². The summed E-state index contributed by atoms with van der Waals surface area (Å²) in [6.07, 6.45) is 8.82. The molecule has 2 heterocycles. The number of carbonyl (C=O) groups is 4. The van der Waals surface area contributed by atoms with Crippen LogP contribution in [0.2, 0.25) is 0 Å². The van der Waals surface area contributed by atoms with Crippen molar-refractivity contribution in [3.8, 4) is 0 Å². The van der Waals surface area contributed by atoms with Gasteiger partial charge < -0.3 is 40.4 Å². The number of hydrogen-bond acceptors (Lipinski definition) is 6. The van der Waals surface area contributed by atoms with Gasteiger partial charge in [-0.3, -0.25) is 9.59 Å². The van der Waals surface area contributed by atoms with Gasteiger partial charge in [0.1, 0.15) is 0 Å². The maximum Gasteiger partial charge on any atom is 0.220 e. The third-order valence-electron chi connectivity index (χ3n) is 7.50. The molecule has 4 rings (SSSR count). The van der Waals surface area contributed by atoms with Gasteiger partial charge in [-0.15, -0.1) is 0 Å². The first kappa shape index (κ1) is 30.4. The summed E-state index contributed by atoms with van der Waals surface area (Å²) in [5.74, 6) is -3.28. The van der Waals surface area contributed by atoms with Crippen molar-refractivity contribution in [2.45, 2.75) is 76.3 Å². The van der Waals surface area contributed by atoms with Gasteiger partial charge in [-0.1, -0.05) is 62.1 Å². The fraction of sp³-hybridized carbons (Fsp3) is 0.375. The monoisotopic (exact) mass is 572 g/mol. The summed E-state index contributed by atoms with van der Waals surface area (Å²) < 4.78 is 0. The van der Waals surface area contributed by atoms with E-state index >= 15 is 0 Å². The molecule has 4 aromatic rings. The van der Waals surface area contributed by atoms with Crippen LogP contribution in [-0.4, -0.2) is 45.8 Å². The Balaban J connectivity index is 1.08. The van der Waals surface area contributed by atoms with E-state index < -0.39 is 24.0 Å². The maximum absolute atomic E-state index is 12.4. The molecule has 4 N–H and O–H groups in total. The minimum atomic E-state index is -1.32. The van der Waals surface area contributed by atoms with Gasteiger partial charge in [0, 0.05) is 59.9 Å². The number of fused-ring (bicyclic) bond motifs is 2. The number of H-pyrrole nitrogens is 2. The van der Waals surface area contributed by atoms with Crippen molar-refractivity contribution in [3.63, 3.8) is 0 Å². The summed E-state index contributed by atoms with van der Waals surface area (Å²) in [7, 11) is 0. The number of aromatic nitrogens is 2. The number of aliphatic carboxylic acids is 2. The number of hydrogen-bond donors (Lipinski definition) is 4. The van der Waals surface area contributed by atoms with E-state index in [9.17, 15) is 29.4 Å². The Morgan fingerprint density at radius 2 is 0.976 bits per heavy atom. The summed E-state index contributed by atoms with van der Waals surface area (Å²) in [5, 5.41) is 30.3. The molecule has 2 aromatic carbocycles. The Kier molecular flexibility index (Phi) is 10.7. The van der Waals surface area contributed by atoms with Gasteiger partial charge >= 0.3 is 0 Å². The number of carboxylic acids is 2. The van der Waals surface area contributed by atoms with Crippen LogP contribution in [-0.2, 0) is 32.0 Å². The molecular weight excluding hydrogens is 536 g/mol. The Morgan fingerprint density at radius 3 is 1.38 bits per heavy atom. The second-order valence-corrected chi connectivity index (χ2v) is 10.6. The second-order valence-electron chi connectivity index (χ2n) is 10.6. The molecule has 0 bridgehead atoms. The van der Waals surface area contributed by atoms with Crippen molar-refractivity contribution in [2.24, 2.45) is 0 Å². The Morgan fingerprint density at radius 1 is 0.595 bits per heavy atom. The summed E-state index contributed by atoms with van der Waals surface area (Å²) in [5.41, 5.74) is 3.41. The number of benzene rings is 2. The zero-order valence-corrected chi connectivity index (χ0v) is 23.4. The normalized spacial score (nSPS) is 12.7.